The van der Waals surface area contributed by atoms with E-state index in [4.69, 9.17) is 0 Å². The molecule has 0 radical (unpaired) electrons. The molecule has 2 aromatic rings. The number of fused-ring (bicyclic) bond motifs is 1. The maximum Gasteiger partial charge on any atom is 0.284 e. The van der Waals surface area contributed by atoms with E-state index in [2.05, 4.69) is 5.32 Å². The summed E-state index contributed by atoms with van der Waals surface area (Å²) < 4.78 is 0. The van der Waals surface area contributed by atoms with Crippen molar-refractivity contribution in [2.75, 3.05) is 11.9 Å². The van der Waals surface area contributed by atoms with Gasteiger partial charge < -0.3 is 5.32 Å². The van der Waals surface area contributed by atoms with E-state index in [1.807, 2.05) is 6.92 Å². The fraction of sp³-hybridized carbons (Fsp3) is 0.231. The second kappa shape index (κ2) is 5.52. The minimum atomic E-state index is -0.598. The fourth-order valence-corrected chi connectivity index (χ4v) is 2.09. The van der Waals surface area contributed by atoms with Crippen LogP contribution in [0.5, 0.6) is 0 Å². The van der Waals surface area contributed by atoms with Gasteiger partial charge in [0, 0.05) is 29.8 Å². The van der Waals surface area contributed by atoms with Gasteiger partial charge in [-0.3, -0.25) is 20.2 Å². The summed E-state index contributed by atoms with van der Waals surface area (Å²) >= 11 is 0. The molecule has 20 heavy (non-hydrogen) atoms. The van der Waals surface area contributed by atoms with Crippen molar-refractivity contribution in [1.29, 1.82) is 0 Å². The van der Waals surface area contributed by atoms with Crippen LogP contribution in [0, 0.1) is 20.2 Å². The van der Waals surface area contributed by atoms with Crippen LogP contribution < -0.4 is 5.32 Å². The lowest BCUT2D eigenvalue weighted by Crippen LogP contribution is -2.02. The highest BCUT2D eigenvalue weighted by molar-refractivity contribution is 6.05. The van der Waals surface area contributed by atoms with Crippen molar-refractivity contribution in [2.45, 2.75) is 13.3 Å². The van der Waals surface area contributed by atoms with Crippen LogP contribution in [-0.2, 0) is 0 Å². The maximum atomic E-state index is 11.1. The largest absolute Gasteiger partial charge is 0.385 e. The highest BCUT2D eigenvalue weighted by atomic mass is 16.6. The van der Waals surface area contributed by atoms with Gasteiger partial charge in [0.15, 0.2) is 0 Å². The Labute approximate surface area is 114 Å². The van der Waals surface area contributed by atoms with Crippen molar-refractivity contribution in [3.8, 4) is 0 Å². The fourth-order valence-electron chi connectivity index (χ4n) is 2.09. The number of rotatable bonds is 5. The summed E-state index contributed by atoms with van der Waals surface area (Å²) in [5.74, 6) is 0. The van der Waals surface area contributed by atoms with E-state index >= 15 is 0 Å². The average Bonchev–Trinajstić information content (AvgIpc) is 2.43. The van der Waals surface area contributed by atoms with Gasteiger partial charge in [0.25, 0.3) is 11.4 Å². The topological polar surface area (TPSA) is 98.3 Å². The van der Waals surface area contributed by atoms with Crippen LogP contribution in [0.2, 0.25) is 0 Å². The molecule has 0 heterocycles. The summed E-state index contributed by atoms with van der Waals surface area (Å²) in [4.78, 5) is 21.0. The lowest BCUT2D eigenvalue weighted by molar-refractivity contribution is -0.390. The number of nitro benzene ring substituents is 2. The van der Waals surface area contributed by atoms with Crippen LogP contribution in [0.25, 0.3) is 10.8 Å². The highest BCUT2D eigenvalue weighted by Crippen LogP contribution is 2.37. The molecule has 104 valence electrons. The van der Waals surface area contributed by atoms with Crippen LogP contribution in [0.4, 0.5) is 17.1 Å². The molecular formula is C13H13N3O4. The number of nitro groups is 2. The summed E-state index contributed by atoms with van der Waals surface area (Å²) in [6.45, 7) is 2.68. The number of nitrogens with zero attached hydrogens (tertiary/aromatic N) is 2. The van der Waals surface area contributed by atoms with Crippen molar-refractivity contribution in [3.63, 3.8) is 0 Å². The second-order valence-corrected chi connectivity index (χ2v) is 4.27. The molecule has 0 amide bonds. The Hall–Kier alpha value is -2.70. The molecule has 0 unspecified atom stereocenters. The summed E-state index contributed by atoms with van der Waals surface area (Å²) in [6, 6.07) is 7.33. The van der Waals surface area contributed by atoms with Crippen molar-refractivity contribution < 1.29 is 9.85 Å². The van der Waals surface area contributed by atoms with Crippen LogP contribution in [0.15, 0.2) is 30.3 Å². The van der Waals surface area contributed by atoms with Crippen LogP contribution in [-0.4, -0.2) is 16.4 Å². The molecule has 0 saturated carbocycles. The average molecular weight is 275 g/mol. The quantitative estimate of drug-likeness (QED) is 0.665. The molecule has 2 aromatic carbocycles. The molecule has 0 spiro atoms. The monoisotopic (exact) mass is 275 g/mol. The smallest absolute Gasteiger partial charge is 0.284 e. The minimum Gasteiger partial charge on any atom is -0.385 e. The first-order valence-corrected chi connectivity index (χ1v) is 6.14. The summed E-state index contributed by atoms with van der Waals surface area (Å²) in [6.07, 6.45) is 0.882. The number of non-ortho nitro benzene ring substituents is 2. The molecule has 1 N–H and O–H groups in total. The van der Waals surface area contributed by atoms with E-state index in [1.165, 1.54) is 18.2 Å². The molecule has 0 fully saturated rings. The normalized spacial score (nSPS) is 10.4. The summed E-state index contributed by atoms with van der Waals surface area (Å²) in [7, 11) is 0. The zero-order valence-electron chi connectivity index (χ0n) is 10.8. The van der Waals surface area contributed by atoms with E-state index < -0.39 is 9.85 Å². The van der Waals surface area contributed by atoms with Gasteiger partial charge in [-0.05, 0) is 12.5 Å². The molecule has 0 aliphatic rings. The SMILES string of the molecule is CCCNc1ccc([N+](=O)[O-])c2c([N+](=O)[O-])cccc12. The third kappa shape index (κ3) is 2.37. The van der Waals surface area contributed by atoms with Crippen molar-refractivity contribution in [1.82, 2.24) is 0 Å². The second-order valence-electron chi connectivity index (χ2n) is 4.27. The molecule has 0 saturated heterocycles. The lowest BCUT2D eigenvalue weighted by atomic mass is 10.0. The number of hydrogen-bond donors (Lipinski definition) is 1. The Morgan fingerprint density at radius 2 is 1.70 bits per heavy atom. The predicted octanol–water partition coefficient (Wildman–Crippen LogP) is 3.48. The van der Waals surface area contributed by atoms with Gasteiger partial charge in [0.2, 0.25) is 0 Å². The molecule has 7 heteroatoms. The molecule has 0 bridgehead atoms. The van der Waals surface area contributed by atoms with E-state index in [9.17, 15) is 20.2 Å². The molecule has 2 rings (SSSR count). The maximum absolute atomic E-state index is 11.1. The first-order chi connectivity index (χ1) is 9.56. The molecule has 0 atom stereocenters. The zero-order valence-corrected chi connectivity index (χ0v) is 10.8. The Bertz CT molecular complexity index is 664. The Kier molecular flexibility index (Phi) is 3.79. The summed E-state index contributed by atoms with van der Waals surface area (Å²) in [5.41, 5.74) is 0.153. The van der Waals surface area contributed by atoms with E-state index in [-0.39, 0.29) is 16.8 Å². The lowest BCUT2D eigenvalue weighted by Gasteiger charge is -2.09. The van der Waals surface area contributed by atoms with E-state index in [0.29, 0.717) is 17.6 Å². The van der Waals surface area contributed by atoms with Gasteiger partial charge >= 0.3 is 0 Å². The summed E-state index contributed by atoms with van der Waals surface area (Å²) in [5, 5.41) is 25.8. The third-order valence-electron chi connectivity index (χ3n) is 2.96. The van der Waals surface area contributed by atoms with Crippen molar-refractivity contribution in [2.24, 2.45) is 0 Å². The number of benzene rings is 2. The van der Waals surface area contributed by atoms with Gasteiger partial charge in [-0.15, -0.1) is 0 Å². The third-order valence-corrected chi connectivity index (χ3v) is 2.96. The van der Waals surface area contributed by atoms with E-state index in [0.717, 1.165) is 6.42 Å². The van der Waals surface area contributed by atoms with E-state index in [1.54, 1.807) is 12.1 Å². The first kappa shape index (κ1) is 13.7. The van der Waals surface area contributed by atoms with Gasteiger partial charge in [-0.2, -0.15) is 0 Å². The Balaban J connectivity index is 2.77. The molecule has 0 aliphatic carbocycles. The standard InChI is InChI=1S/C13H13N3O4/c1-2-8-14-10-6-7-12(16(19)20)13-9(10)4-3-5-11(13)15(17)18/h3-7,14H,2,8H2,1H3. The number of nitrogens with one attached hydrogen (secondary N) is 1. The predicted molar refractivity (Wildman–Crippen MR) is 76.0 cm³/mol. The van der Waals surface area contributed by atoms with Crippen molar-refractivity contribution >= 4 is 27.8 Å². The molecule has 0 aromatic heterocycles. The zero-order chi connectivity index (χ0) is 14.7. The van der Waals surface area contributed by atoms with Crippen LogP contribution >= 0.6 is 0 Å². The number of hydrogen-bond acceptors (Lipinski definition) is 5. The molecule has 7 nitrogen and oxygen atoms in total. The van der Waals surface area contributed by atoms with Gasteiger partial charge in [-0.1, -0.05) is 19.1 Å². The Morgan fingerprint density at radius 3 is 2.30 bits per heavy atom. The van der Waals surface area contributed by atoms with Gasteiger partial charge in [-0.25, -0.2) is 0 Å². The van der Waals surface area contributed by atoms with Gasteiger partial charge in [0.1, 0.15) is 5.39 Å². The van der Waals surface area contributed by atoms with Crippen LogP contribution in [0.1, 0.15) is 13.3 Å². The first-order valence-electron chi connectivity index (χ1n) is 6.14. The van der Waals surface area contributed by atoms with Crippen molar-refractivity contribution in [3.05, 3.63) is 50.6 Å². The molecule has 0 aliphatic heterocycles. The van der Waals surface area contributed by atoms with Crippen LogP contribution in [0.3, 0.4) is 0 Å². The minimum absolute atomic E-state index is 0.0589. The van der Waals surface area contributed by atoms with Gasteiger partial charge in [0.05, 0.1) is 9.85 Å². The Morgan fingerprint density at radius 1 is 1.05 bits per heavy atom. The number of anilines is 1. The highest BCUT2D eigenvalue weighted by Gasteiger charge is 2.23. The molecular weight excluding hydrogens is 262 g/mol.